The topological polar surface area (TPSA) is 87.8 Å². The van der Waals surface area contributed by atoms with E-state index in [-0.39, 0.29) is 29.1 Å². The van der Waals surface area contributed by atoms with Gasteiger partial charge in [-0.05, 0) is 56.4 Å². The molecular formula is C20H23NO5S. The number of nitrogens with zero attached hydrogens (tertiary/aromatic N) is 1. The van der Waals surface area contributed by atoms with Crippen LogP contribution in [0.1, 0.15) is 42.3 Å². The predicted molar refractivity (Wildman–Crippen MR) is 98.6 cm³/mol. The molecule has 1 N–H and O–H groups in total. The largest absolute Gasteiger partial charge is 0.466 e. The van der Waals surface area contributed by atoms with Crippen molar-refractivity contribution in [2.75, 3.05) is 13.1 Å². The highest BCUT2D eigenvalue weighted by molar-refractivity contribution is 7.89. The average molecular weight is 389 g/mol. The Hall–Kier alpha value is -1.96. The van der Waals surface area contributed by atoms with Gasteiger partial charge in [-0.3, -0.25) is 4.79 Å². The van der Waals surface area contributed by atoms with Gasteiger partial charge in [0.25, 0.3) is 0 Å². The molecule has 1 aliphatic heterocycles. The molecular weight excluding hydrogens is 366 g/mol. The molecule has 2 heterocycles. The number of fused-ring (bicyclic) bond motifs is 1. The van der Waals surface area contributed by atoms with Crippen LogP contribution in [0, 0.1) is 11.8 Å². The Balaban J connectivity index is 1.62. The van der Waals surface area contributed by atoms with Gasteiger partial charge in [-0.1, -0.05) is 12.1 Å². The normalized spacial score (nSPS) is 28.8. The van der Waals surface area contributed by atoms with Crippen molar-refractivity contribution in [2.45, 2.75) is 36.7 Å². The molecule has 0 unspecified atom stereocenters. The van der Waals surface area contributed by atoms with Gasteiger partial charge in [0.1, 0.15) is 11.4 Å². The van der Waals surface area contributed by atoms with Crippen LogP contribution in [0.5, 0.6) is 0 Å². The molecule has 6 nitrogen and oxygen atoms in total. The molecule has 0 bridgehead atoms. The summed E-state index contributed by atoms with van der Waals surface area (Å²) in [5.41, 5.74) is -0.647. The Morgan fingerprint density at radius 2 is 1.96 bits per heavy atom. The average Bonchev–Trinajstić information content (AvgIpc) is 3.33. The lowest BCUT2D eigenvalue weighted by Crippen LogP contribution is -2.42. The van der Waals surface area contributed by atoms with Crippen molar-refractivity contribution in [1.29, 1.82) is 0 Å². The van der Waals surface area contributed by atoms with Gasteiger partial charge in [0.15, 0.2) is 5.78 Å². The van der Waals surface area contributed by atoms with Crippen molar-refractivity contribution >= 4 is 15.8 Å². The minimum Gasteiger partial charge on any atom is -0.466 e. The molecule has 1 aromatic carbocycles. The molecule has 144 valence electrons. The number of rotatable bonds is 4. The van der Waals surface area contributed by atoms with Crippen molar-refractivity contribution in [1.82, 2.24) is 4.31 Å². The molecule has 2 aliphatic rings. The number of ketones is 1. The maximum absolute atomic E-state index is 13.1. The molecule has 1 saturated heterocycles. The van der Waals surface area contributed by atoms with E-state index in [0.717, 1.165) is 12.8 Å². The van der Waals surface area contributed by atoms with Crippen LogP contribution in [0.15, 0.2) is 52.0 Å². The Kier molecular flexibility index (Phi) is 4.49. The number of carbonyl (C=O) groups excluding carboxylic acids is 1. The number of hydrogen-bond donors (Lipinski definition) is 1. The summed E-state index contributed by atoms with van der Waals surface area (Å²) in [7, 11) is -3.68. The zero-order chi connectivity index (χ0) is 19.2. The Morgan fingerprint density at radius 3 is 2.59 bits per heavy atom. The third-order valence-corrected chi connectivity index (χ3v) is 7.85. The van der Waals surface area contributed by atoms with Crippen molar-refractivity contribution < 1.29 is 22.7 Å². The van der Waals surface area contributed by atoms with Crippen LogP contribution in [-0.4, -0.2) is 36.7 Å². The minimum absolute atomic E-state index is 0.0973. The van der Waals surface area contributed by atoms with Crippen LogP contribution < -0.4 is 0 Å². The van der Waals surface area contributed by atoms with Crippen LogP contribution in [-0.2, 0) is 15.6 Å². The van der Waals surface area contributed by atoms with Gasteiger partial charge in [-0.2, -0.15) is 4.31 Å². The van der Waals surface area contributed by atoms with E-state index in [1.807, 2.05) is 0 Å². The molecule has 2 aromatic rings. The van der Waals surface area contributed by atoms with Crippen LogP contribution in [0.2, 0.25) is 0 Å². The zero-order valence-corrected chi connectivity index (χ0v) is 16.0. The first-order valence-electron chi connectivity index (χ1n) is 9.20. The van der Waals surface area contributed by atoms with Gasteiger partial charge >= 0.3 is 0 Å². The maximum atomic E-state index is 13.1. The van der Waals surface area contributed by atoms with Crippen molar-refractivity contribution in [3.05, 3.63) is 54.0 Å². The summed E-state index contributed by atoms with van der Waals surface area (Å²) >= 11 is 0. The fourth-order valence-corrected chi connectivity index (χ4v) is 6.04. The number of sulfonamides is 1. The molecule has 0 radical (unpaired) electrons. The first-order chi connectivity index (χ1) is 12.8. The Bertz CT molecular complexity index is 935. The highest BCUT2D eigenvalue weighted by Gasteiger charge is 2.53. The molecule has 0 spiro atoms. The molecule has 27 heavy (non-hydrogen) atoms. The van der Waals surface area contributed by atoms with Gasteiger partial charge in [0, 0.05) is 24.6 Å². The van der Waals surface area contributed by atoms with Gasteiger partial charge in [-0.15, -0.1) is 0 Å². The SMILES string of the molecule is CC(=O)c1ccc(S(=O)(=O)N2C[C@H]3CCC[C@](O)(c4ccco4)[C@@H]3C2)cc1. The summed E-state index contributed by atoms with van der Waals surface area (Å²) in [5, 5.41) is 11.3. The standard InChI is InChI=1S/C20H23NO5S/c1-14(22)15-6-8-17(9-7-15)27(24,25)21-12-16-4-2-10-20(23,18(16)13-21)19-5-3-11-26-19/h3,5-9,11,16,18,23H,2,4,10,12-13H2,1H3/t16-,18-,20-/m1/s1. The number of aliphatic hydroxyl groups is 1. The third kappa shape index (κ3) is 3.03. The van der Waals surface area contributed by atoms with Crippen LogP contribution in [0.4, 0.5) is 0 Å². The second kappa shape index (κ2) is 6.58. The molecule has 0 amide bonds. The number of furan rings is 1. The van der Waals surface area contributed by atoms with Crippen molar-refractivity contribution in [3.63, 3.8) is 0 Å². The second-order valence-corrected chi connectivity index (χ2v) is 9.50. The summed E-state index contributed by atoms with van der Waals surface area (Å²) in [6.07, 6.45) is 3.84. The highest BCUT2D eigenvalue weighted by Crippen LogP contribution is 2.49. The summed E-state index contributed by atoms with van der Waals surface area (Å²) in [6.45, 7) is 2.10. The van der Waals surface area contributed by atoms with E-state index < -0.39 is 15.6 Å². The number of benzene rings is 1. The van der Waals surface area contributed by atoms with Gasteiger partial charge in [-0.25, -0.2) is 8.42 Å². The summed E-state index contributed by atoms with van der Waals surface area (Å²) < 4.78 is 33.1. The van der Waals surface area contributed by atoms with E-state index in [0.29, 0.717) is 24.3 Å². The second-order valence-electron chi connectivity index (χ2n) is 7.56. The summed E-state index contributed by atoms with van der Waals surface area (Å²) in [5.74, 6) is 0.320. The quantitative estimate of drug-likeness (QED) is 0.813. The van der Waals surface area contributed by atoms with Crippen molar-refractivity contribution in [2.24, 2.45) is 11.8 Å². The lowest BCUT2D eigenvalue weighted by Gasteiger charge is -2.39. The lowest BCUT2D eigenvalue weighted by molar-refractivity contribution is -0.0795. The van der Waals surface area contributed by atoms with Gasteiger partial charge in [0.2, 0.25) is 10.0 Å². The van der Waals surface area contributed by atoms with E-state index in [1.54, 1.807) is 12.1 Å². The van der Waals surface area contributed by atoms with Crippen LogP contribution >= 0.6 is 0 Å². The summed E-state index contributed by atoms with van der Waals surface area (Å²) in [6, 6.07) is 9.55. The molecule has 3 atom stereocenters. The van der Waals surface area contributed by atoms with E-state index in [1.165, 1.54) is 41.8 Å². The van der Waals surface area contributed by atoms with E-state index in [2.05, 4.69) is 0 Å². The van der Waals surface area contributed by atoms with Gasteiger partial charge in [0.05, 0.1) is 11.2 Å². The fourth-order valence-electron chi connectivity index (χ4n) is 4.52. The lowest BCUT2D eigenvalue weighted by atomic mass is 9.69. The molecule has 7 heteroatoms. The van der Waals surface area contributed by atoms with E-state index >= 15 is 0 Å². The fraction of sp³-hybridized carbons (Fsp3) is 0.450. The first-order valence-corrected chi connectivity index (χ1v) is 10.6. The first kappa shape index (κ1) is 18.4. The molecule has 2 fully saturated rings. The number of carbonyl (C=O) groups is 1. The molecule has 4 rings (SSSR count). The predicted octanol–water partition coefficient (Wildman–Crippen LogP) is 2.79. The Morgan fingerprint density at radius 1 is 1.22 bits per heavy atom. The van der Waals surface area contributed by atoms with Crippen LogP contribution in [0.25, 0.3) is 0 Å². The minimum atomic E-state index is -3.68. The van der Waals surface area contributed by atoms with E-state index in [4.69, 9.17) is 4.42 Å². The smallest absolute Gasteiger partial charge is 0.243 e. The van der Waals surface area contributed by atoms with Crippen LogP contribution in [0.3, 0.4) is 0 Å². The third-order valence-electron chi connectivity index (χ3n) is 6.00. The molecule has 1 aliphatic carbocycles. The highest BCUT2D eigenvalue weighted by atomic mass is 32.2. The number of Topliss-reactive ketones (excluding diaryl/α,β-unsaturated/α-hetero) is 1. The monoisotopic (exact) mass is 389 g/mol. The maximum Gasteiger partial charge on any atom is 0.243 e. The van der Waals surface area contributed by atoms with Crippen molar-refractivity contribution in [3.8, 4) is 0 Å². The summed E-state index contributed by atoms with van der Waals surface area (Å²) in [4.78, 5) is 11.6. The zero-order valence-electron chi connectivity index (χ0n) is 15.2. The molecule has 1 aromatic heterocycles. The van der Waals surface area contributed by atoms with Gasteiger partial charge < -0.3 is 9.52 Å². The number of hydrogen-bond acceptors (Lipinski definition) is 5. The molecule has 1 saturated carbocycles. The Labute approximate surface area is 158 Å². The van der Waals surface area contributed by atoms with E-state index in [9.17, 15) is 18.3 Å².